The monoisotopic (exact) mass is 307 g/mol. The molecule has 0 aliphatic heterocycles. The SMILES string of the molecule is CCOCN(C(=O)CSC)c1cccc(C(F)(F)F)c1. The lowest BCUT2D eigenvalue weighted by Gasteiger charge is -2.23. The molecule has 0 aliphatic carbocycles. The summed E-state index contributed by atoms with van der Waals surface area (Å²) in [6, 6.07) is 4.68. The van der Waals surface area contributed by atoms with Gasteiger partial charge in [-0.3, -0.25) is 9.69 Å². The summed E-state index contributed by atoms with van der Waals surface area (Å²) in [7, 11) is 0. The number of amides is 1. The number of hydrogen-bond acceptors (Lipinski definition) is 3. The van der Waals surface area contributed by atoms with Gasteiger partial charge in [-0.15, -0.1) is 0 Å². The molecule has 1 aromatic rings. The van der Waals surface area contributed by atoms with Gasteiger partial charge < -0.3 is 4.74 Å². The molecule has 0 fully saturated rings. The molecular weight excluding hydrogens is 291 g/mol. The third-order valence-corrected chi connectivity index (χ3v) is 3.01. The first-order valence-corrected chi connectivity index (χ1v) is 7.33. The van der Waals surface area contributed by atoms with Gasteiger partial charge in [0.15, 0.2) is 0 Å². The van der Waals surface area contributed by atoms with E-state index in [9.17, 15) is 18.0 Å². The second-order valence-corrected chi connectivity index (χ2v) is 4.79. The van der Waals surface area contributed by atoms with Gasteiger partial charge in [-0.05, 0) is 31.4 Å². The summed E-state index contributed by atoms with van der Waals surface area (Å²) in [6.07, 6.45) is -2.68. The zero-order valence-electron chi connectivity index (χ0n) is 11.2. The summed E-state index contributed by atoms with van der Waals surface area (Å²) in [5.41, 5.74) is -0.597. The highest BCUT2D eigenvalue weighted by atomic mass is 32.2. The second kappa shape index (κ2) is 7.54. The van der Waals surface area contributed by atoms with Crippen LogP contribution in [0.3, 0.4) is 0 Å². The van der Waals surface area contributed by atoms with Crippen LogP contribution in [0.4, 0.5) is 18.9 Å². The first-order chi connectivity index (χ1) is 9.40. The number of halogens is 3. The Labute approximate surface area is 120 Å². The van der Waals surface area contributed by atoms with Gasteiger partial charge in [0.2, 0.25) is 5.91 Å². The quantitative estimate of drug-likeness (QED) is 0.755. The van der Waals surface area contributed by atoms with Gasteiger partial charge >= 0.3 is 6.18 Å². The predicted molar refractivity (Wildman–Crippen MR) is 73.8 cm³/mol. The molecule has 0 bridgehead atoms. The van der Waals surface area contributed by atoms with E-state index in [-0.39, 0.29) is 24.1 Å². The Balaban J connectivity index is 3.03. The molecule has 0 saturated heterocycles. The average Bonchev–Trinajstić information content (AvgIpc) is 2.39. The molecule has 0 radical (unpaired) electrons. The fraction of sp³-hybridized carbons (Fsp3) is 0.462. The van der Waals surface area contributed by atoms with E-state index in [1.807, 2.05) is 0 Å². The molecule has 1 rings (SSSR count). The molecule has 0 aliphatic rings. The van der Waals surface area contributed by atoms with E-state index in [0.717, 1.165) is 12.1 Å². The smallest absolute Gasteiger partial charge is 0.361 e. The number of carbonyl (C=O) groups is 1. The van der Waals surface area contributed by atoms with Gasteiger partial charge in [-0.25, -0.2) is 0 Å². The van der Waals surface area contributed by atoms with E-state index in [1.54, 1.807) is 13.2 Å². The van der Waals surface area contributed by atoms with Crippen molar-refractivity contribution in [1.82, 2.24) is 0 Å². The van der Waals surface area contributed by atoms with Crippen LogP contribution in [0.2, 0.25) is 0 Å². The number of alkyl halides is 3. The molecule has 0 N–H and O–H groups in total. The van der Waals surface area contributed by atoms with Crippen LogP contribution in [-0.2, 0) is 15.7 Å². The third-order valence-electron chi connectivity index (χ3n) is 2.48. The van der Waals surface area contributed by atoms with Gasteiger partial charge in [0, 0.05) is 12.3 Å². The Morgan fingerprint density at radius 3 is 2.65 bits per heavy atom. The number of anilines is 1. The number of nitrogens with zero attached hydrogens (tertiary/aromatic N) is 1. The van der Waals surface area contributed by atoms with E-state index < -0.39 is 11.7 Å². The van der Waals surface area contributed by atoms with Crippen LogP contribution >= 0.6 is 11.8 Å². The summed E-state index contributed by atoms with van der Waals surface area (Å²) in [6.45, 7) is 2.07. The number of benzene rings is 1. The van der Waals surface area contributed by atoms with E-state index in [0.29, 0.717) is 6.61 Å². The van der Waals surface area contributed by atoms with Gasteiger partial charge in [-0.1, -0.05) is 6.07 Å². The number of hydrogen-bond donors (Lipinski definition) is 0. The molecule has 20 heavy (non-hydrogen) atoms. The molecule has 1 amide bonds. The number of rotatable bonds is 6. The maximum absolute atomic E-state index is 12.7. The molecule has 7 heteroatoms. The Hall–Kier alpha value is -1.21. The van der Waals surface area contributed by atoms with E-state index in [4.69, 9.17) is 4.74 Å². The fourth-order valence-electron chi connectivity index (χ4n) is 1.52. The van der Waals surface area contributed by atoms with E-state index >= 15 is 0 Å². The highest BCUT2D eigenvalue weighted by molar-refractivity contribution is 7.99. The maximum Gasteiger partial charge on any atom is 0.416 e. The molecule has 0 aromatic heterocycles. The summed E-state index contributed by atoms with van der Waals surface area (Å²) < 4.78 is 43.2. The Morgan fingerprint density at radius 1 is 1.40 bits per heavy atom. The number of carbonyl (C=O) groups excluding carboxylic acids is 1. The number of ether oxygens (including phenoxy) is 1. The van der Waals surface area contributed by atoms with Crippen molar-refractivity contribution in [2.24, 2.45) is 0 Å². The second-order valence-electron chi connectivity index (χ2n) is 3.92. The van der Waals surface area contributed by atoms with Gasteiger partial charge in [0.05, 0.1) is 11.3 Å². The average molecular weight is 307 g/mol. The van der Waals surface area contributed by atoms with Crippen molar-refractivity contribution in [3.8, 4) is 0 Å². The van der Waals surface area contributed by atoms with Crippen LogP contribution in [0, 0.1) is 0 Å². The van der Waals surface area contributed by atoms with Crippen molar-refractivity contribution in [2.45, 2.75) is 13.1 Å². The first-order valence-electron chi connectivity index (χ1n) is 5.94. The molecule has 112 valence electrons. The van der Waals surface area contributed by atoms with Crippen molar-refractivity contribution in [3.63, 3.8) is 0 Å². The van der Waals surface area contributed by atoms with Gasteiger partial charge in [0.25, 0.3) is 0 Å². The molecule has 0 spiro atoms. The van der Waals surface area contributed by atoms with Gasteiger partial charge in [0.1, 0.15) is 6.73 Å². The Kier molecular flexibility index (Phi) is 6.35. The Bertz CT molecular complexity index is 451. The molecule has 0 saturated carbocycles. The van der Waals surface area contributed by atoms with Crippen LogP contribution in [0.25, 0.3) is 0 Å². The molecule has 3 nitrogen and oxygen atoms in total. The normalized spacial score (nSPS) is 11.4. The summed E-state index contributed by atoms with van der Waals surface area (Å²) >= 11 is 1.31. The van der Waals surface area contributed by atoms with Crippen molar-refractivity contribution < 1.29 is 22.7 Å². The van der Waals surface area contributed by atoms with E-state index in [1.165, 1.54) is 28.8 Å². The third kappa shape index (κ3) is 4.72. The molecule has 1 aromatic carbocycles. The van der Waals surface area contributed by atoms with Gasteiger partial charge in [-0.2, -0.15) is 24.9 Å². The largest absolute Gasteiger partial charge is 0.416 e. The lowest BCUT2D eigenvalue weighted by atomic mass is 10.2. The highest BCUT2D eigenvalue weighted by Crippen LogP contribution is 2.31. The minimum Gasteiger partial charge on any atom is -0.361 e. The lowest BCUT2D eigenvalue weighted by Crippen LogP contribution is -2.34. The van der Waals surface area contributed by atoms with Crippen molar-refractivity contribution in [3.05, 3.63) is 29.8 Å². The highest BCUT2D eigenvalue weighted by Gasteiger charge is 2.31. The van der Waals surface area contributed by atoms with Crippen molar-refractivity contribution >= 4 is 23.4 Å². The topological polar surface area (TPSA) is 29.5 Å². The summed E-state index contributed by atoms with van der Waals surface area (Å²) in [4.78, 5) is 13.2. The zero-order chi connectivity index (χ0) is 15.2. The first kappa shape index (κ1) is 16.8. The van der Waals surface area contributed by atoms with Crippen LogP contribution < -0.4 is 4.90 Å². The molecule has 0 atom stereocenters. The Morgan fingerprint density at radius 2 is 2.10 bits per heavy atom. The molecule has 0 heterocycles. The van der Waals surface area contributed by atoms with Crippen molar-refractivity contribution in [1.29, 1.82) is 0 Å². The van der Waals surface area contributed by atoms with Crippen LogP contribution in [-0.4, -0.2) is 31.3 Å². The lowest BCUT2D eigenvalue weighted by molar-refractivity contribution is -0.137. The standard InChI is InChI=1S/C13H16F3NO2S/c1-3-19-9-17(12(18)8-20-2)11-6-4-5-10(7-11)13(14,15)16/h4-7H,3,8-9H2,1-2H3. The number of thioether (sulfide) groups is 1. The zero-order valence-corrected chi connectivity index (χ0v) is 12.1. The minimum absolute atomic E-state index is 0.0583. The minimum atomic E-state index is -4.43. The van der Waals surface area contributed by atoms with E-state index in [2.05, 4.69) is 0 Å². The summed E-state index contributed by atoms with van der Waals surface area (Å²) in [5.74, 6) is -0.103. The molecule has 0 unspecified atom stereocenters. The summed E-state index contributed by atoms with van der Waals surface area (Å²) in [5, 5.41) is 0. The van der Waals surface area contributed by atoms with Crippen LogP contribution in [0.1, 0.15) is 12.5 Å². The molecular formula is C13H16F3NO2S. The van der Waals surface area contributed by atoms with Crippen LogP contribution in [0.5, 0.6) is 0 Å². The maximum atomic E-state index is 12.7. The predicted octanol–water partition coefficient (Wildman–Crippen LogP) is 3.40. The fourth-order valence-corrected chi connectivity index (χ4v) is 1.93. The van der Waals surface area contributed by atoms with Crippen LogP contribution in [0.15, 0.2) is 24.3 Å². The van der Waals surface area contributed by atoms with Crippen molar-refractivity contribution in [2.75, 3.05) is 30.2 Å².